The van der Waals surface area contributed by atoms with Gasteiger partial charge < -0.3 is 10.1 Å². The van der Waals surface area contributed by atoms with E-state index in [2.05, 4.69) is 34.2 Å². The normalized spacial score (nSPS) is 19.0. The lowest BCUT2D eigenvalue weighted by atomic mass is 9.84. The van der Waals surface area contributed by atoms with Crippen molar-refractivity contribution in [2.45, 2.75) is 58.0 Å². The topological polar surface area (TPSA) is 64.9 Å². The van der Waals surface area contributed by atoms with Crippen LogP contribution in [0.4, 0.5) is 4.39 Å². The van der Waals surface area contributed by atoms with Gasteiger partial charge in [-0.15, -0.1) is 0 Å². The molecule has 2 heterocycles. The van der Waals surface area contributed by atoms with Crippen molar-refractivity contribution in [2.24, 2.45) is 5.92 Å². The van der Waals surface area contributed by atoms with Crippen molar-refractivity contribution in [1.29, 1.82) is 0 Å². The molecule has 4 rings (SSSR count). The van der Waals surface area contributed by atoms with Gasteiger partial charge in [-0.3, -0.25) is 0 Å². The molecule has 1 aliphatic carbocycles. The van der Waals surface area contributed by atoms with Crippen LogP contribution in [0.1, 0.15) is 46.0 Å². The molecule has 0 unspecified atom stereocenters. The van der Waals surface area contributed by atoms with Crippen LogP contribution in [0, 0.1) is 11.7 Å². The molecular formula is C24H30FN5O. The number of ether oxygens (including phenoxy) is 1. The fourth-order valence-corrected chi connectivity index (χ4v) is 4.28. The Morgan fingerprint density at radius 3 is 2.74 bits per heavy atom. The van der Waals surface area contributed by atoms with Gasteiger partial charge in [0.05, 0.1) is 19.0 Å². The first-order valence-corrected chi connectivity index (χ1v) is 11.1. The molecule has 1 saturated carbocycles. The van der Waals surface area contributed by atoms with Gasteiger partial charge in [0.25, 0.3) is 0 Å². The molecule has 1 N–H and O–H groups in total. The summed E-state index contributed by atoms with van der Waals surface area (Å²) >= 11 is 0. The molecule has 0 aliphatic heterocycles. The molecule has 0 amide bonds. The molecule has 164 valence electrons. The van der Waals surface area contributed by atoms with Gasteiger partial charge >= 0.3 is 0 Å². The second-order valence-electron chi connectivity index (χ2n) is 8.54. The minimum Gasteiger partial charge on any atom is -0.490 e. The highest BCUT2D eigenvalue weighted by Crippen LogP contribution is 2.30. The summed E-state index contributed by atoms with van der Waals surface area (Å²) in [5.41, 5.74) is 1.83. The van der Waals surface area contributed by atoms with Crippen LogP contribution in [0.25, 0.3) is 16.9 Å². The van der Waals surface area contributed by atoms with E-state index in [1.54, 1.807) is 36.8 Å². The zero-order valence-electron chi connectivity index (χ0n) is 18.2. The largest absolute Gasteiger partial charge is 0.490 e. The van der Waals surface area contributed by atoms with Gasteiger partial charge in [0, 0.05) is 23.8 Å². The monoisotopic (exact) mass is 423 g/mol. The van der Waals surface area contributed by atoms with E-state index in [4.69, 9.17) is 4.74 Å². The number of para-hydroxylation sites is 1. The molecule has 0 spiro atoms. The van der Waals surface area contributed by atoms with Crippen LogP contribution >= 0.6 is 0 Å². The quantitative estimate of drug-likeness (QED) is 0.564. The number of nitrogens with zero attached hydrogens (tertiary/aromatic N) is 4. The first-order chi connectivity index (χ1) is 15.1. The Morgan fingerprint density at radius 2 is 1.97 bits per heavy atom. The Bertz CT molecular complexity index is 981. The zero-order valence-corrected chi connectivity index (χ0v) is 18.2. The van der Waals surface area contributed by atoms with E-state index in [-0.39, 0.29) is 5.82 Å². The van der Waals surface area contributed by atoms with Gasteiger partial charge in [0.2, 0.25) is 0 Å². The van der Waals surface area contributed by atoms with E-state index < -0.39 is 0 Å². The summed E-state index contributed by atoms with van der Waals surface area (Å²) in [5.74, 6) is 1.00. The molecule has 1 aliphatic rings. The minimum atomic E-state index is -0.324. The van der Waals surface area contributed by atoms with Gasteiger partial charge in [0.1, 0.15) is 23.5 Å². The average molecular weight is 424 g/mol. The molecule has 1 fully saturated rings. The summed E-state index contributed by atoms with van der Waals surface area (Å²) in [6.45, 7) is 5.05. The van der Waals surface area contributed by atoms with E-state index in [0.717, 1.165) is 12.0 Å². The number of benzene rings is 1. The van der Waals surface area contributed by atoms with Crippen LogP contribution in [-0.4, -0.2) is 38.4 Å². The first-order valence-electron chi connectivity index (χ1n) is 11.1. The molecule has 2 aromatic heterocycles. The molecule has 31 heavy (non-hydrogen) atoms. The molecule has 0 bridgehead atoms. The number of halogens is 1. The maximum Gasteiger partial charge on any atom is 0.163 e. The number of aromatic nitrogens is 4. The van der Waals surface area contributed by atoms with Crippen LogP contribution in [0.15, 0.2) is 49.2 Å². The molecule has 0 atom stereocenters. The Kier molecular flexibility index (Phi) is 6.92. The Labute approximate surface area is 182 Å². The Balaban J connectivity index is 1.36. The van der Waals surface area contributed by atoms with E-state index >= 15 is 0 Å². The molecule has 6 nitrogen and oxygen atoms in total. The van der Waals surface area contributed by atoms with Crippen molar-refractivity contribution in [3.8, 4) is 22.7 Å². The second-order valence-corrected chi connectivity index (χ2v) is 8.54. The first kappa shape index (κ1) is 21.4. The van der Waals surface area contributed by atoms with E-state index in [9.17, 15) is 4.39 Å². The maximum atomic E-state index is 14.1. The fraction of sp³-hybridized carbons (Fsp3) is 0.458. The van der Waals surface area contributed by atoms with Crippen molar-refractivity contribution < 1.29 is 9.13 Å². The SMILES string of the molecule is CC(C)NC1CCC(CCOc2cncnc2-c2cnn(-c3ccccc3F)c2)CC1. The van der Waals surface area contributed by atoms with Crippen molar-refractivity contribution in [3.05, 3.63) is 55.0 Å². The number of nitrogens with one attached hydrogen (secondary N) is 1. The van der Waals surface area contributed by atoms with Gasteiger partial charge in [-0.1, -0.05) is 26.0 Å². The summed E-state index contributed by atoms with van der Waals surface area (Å²) in [4.78, 5) is 8.51. The van der Waals surface area contributed by atoms with Crippen molar-refractivity contribution >= 4 is 0 Å². The molecule has 0 radical (unpaired) electrons. The van der Waals surface area contributed by atoms with Gasteiger partial charge in [-0.25, -0.2) is 19.0 Å². The summed E-state index contributed by atoms with van der Waals surface area (Å²) in [5, 5.41) is 7.95. The number of hydrogen-bond donors (Lipinski definition) is 1. The van der Waals surface area contributed by atoms with Gasteiger partial charge in [-0.2, -0.15) is 5.10 Å². The van der Waals surface area contributed by atoms with Crippen molar-refractivity contribution in [3.63, 3.8) is 0 Å². The summed E-state index contributed by atoms with van der Waals surface area (Å²) in [6.07, 6.45) is 12.6. The van der Waals surface area contributed by atoms with Gasteiger partial charge in [-0.05, 0) is 50.2 Å². The lowest BCUT2D eigenvalue weighted by molar-refractivity contribution is 0.222. The second kappa shape index (κ2) is 10.0. The maximum absolute atomic E-state index is 14.1. The highest BCUT2D eigenvalue weighted by molar-refractivity contribution is 5.64. The third kappa shape index (κ3) is 5.47. The van der Waals surface area contributed by atoms with Crippen molar-refractivity contribution in [1.82, 2.24) is 25.1 Å². The highest BCUT2D eigenvalue weighted by Gasteiger charge is 2.21. The summed E-state index contributed by atoms with van der Waals surface area (Å²) in [7, 11) is 0. The lowest BCUT2D eigenvalue weighted by Crippen LogP contribution is -2.37. The predicted molar refractivity (Wildman–Crippen MR) is 119 cm³/mol. The summed E-state index contributed by atoms with van der Waals surface area (Å²) < 4.78 is 21.7. The number of rotatable bonds is 8. The predicted octanol–water partition coefficient (Wildman–Crippen LogP) is 4.79. The Morgan fingerprint density at radius 1 is 1.16 bits per heavy atom. The zero-order chi connectivity index (χ0) is 21.6. The van der Waals surface area contributed by atoms with Crippen LogP contribution < -0.4 is 10.1 Å². The molecule has 1 aromatic carbocycles. The average Bonchev–Trinajstić information content (AvgIpc) is 3.25. The highest BCUT2D eigenvalue weighted by atomic mass is 19.1. The fourth-order valence-electron chi connectivity index (χ4n) is 4.28. The van der Waals surface area contributed by atoms with Crippen LogP contribution in [-0.2, 0) is 0 Å². The van der Waals surface area contributed by atoms with Crippen LogP contribution in [0.5, 0.6) is 5.75 Å². The van der Waals surface area contributed by atoms with E-state index in [0.29, 0.717) is 41.7 Å². The lowest BCUT2D eigenvalue weighted by Gasteiger charge is -2.30. The van der Waals surface area contributed by atoms with Crippen molar-refractivity contribution in [2.75, 3.05) is 6.61 Å². The summed E-state index contributed by atoms with van der Waals surface area (Å²) in [6, 6.07) is 7.75. The smallest absolute Gasteiger partial charge is 0.163 e. The molecular weight excluding hydrogens is 393 g/mol. The molecule has 0 saturated heterocycles. The van der Waals surface area contributed by atoms with E-state index in [1.807, 2.05) is 0 Å². The third-order valence-electron chi connectivity index (χ3n) is 5.83. The molecule has 3 aromatic rings. The number of hydrogen-bond acceptors (Lipinski definition) is 5. The van der Waals surface area contributed by atoms with Crippen LogP contribution in [0.2, 0.25) is 0 Å². The minimum absolute atomic E-state index is 0.324. The molecule has 7 heteroatoms. The third-order valence-corrected chi connectivity index (χ3v) is 5.83. The standard InChI is InChI=1S/C24H30FN5O/c1-17(2)29-20-9-7-18(8-10-20)11-12-31-23-14-26-16-27-24(23)19-13-28-30(15-19)22-6-4-3-5-21(22)25/h3-6,13-18,20,29H,7-12H2,1-2H3. The van der Waals surface area contributed by atoms with E-state index in [1.165, 1.54) is 42.8 Å². The van der Waals surface area contributed by atoms with Crippen LogP contribution in [0.3, 0.4) is 0 Å². The van der Waals surface area contributed by atoms with Gasteiger partial charge in [0.15, 0.2) is 5.75 Å². The Hall–Kier alpha value is -2.80.